The largest absolute Gasteiger partial charge is 0.394 e. The minimum Gasteiger partial charge on any atom is -0.394 e. The van der Waals surface area contributed by atoms with E-state index in [-0.39, 0.29) is 19.9 Å². The molecule has 198 valence electrons. The van der Waals surface area contributed by atoms with Crippen LogP contribution in [0.5, 0.6) is 0 Å². The van der Waals surface area contributed by atoms with Crippen LogP contribution < -0.4 is 4.72 Å². The summed E-state index contributed by atoms with van der Waals surface area (Å²) in [5, 5.41) is 15.8. The standard InChI is InChI=1S/C21H27N7O3S.C3H8O.H2/c1-14-7-17(12-22-9-14)19-25-26-20(28(19)21(5-6-21)13-31-4)27-32(29,30)16(3)8-18-23-10-15(2)11-24-18;1-3(2)4;/h7,9-12,16H,5-6,8,13H2,1-4H3,(H,26,27);3-4H,1-2H3;1H/t16-;;/m0../s1. The van der Waals surface area contributed by atoms with Crippen molar-refractivity contribution in [1.82, 2.24) is 29.7 Å². The Morgan fingerprint density at radius 3 is 2.31 bits per heavy atom. The molecule has 0 radical (unpaired) electrons. The van der Waals surface area contributed by atoms with Crippen LogP contribution in [0, 0.1) is 13.8 Å². The van der Waals surface area contributed by atoms with Crippen LogP contribution in [-0.4, -0.2) is 68.3 Å². The maximum Gasteiger partial charge on any atom is 0.239 e. The van der Waals surface area contributed by atoms with Crippen LogP contribution in [0.3, 0.4) is 0 Å². The highest BCUT2D eigenvalue weighted by atomic mass is 32.2. The first kappa shape index (κ1) is 27.6. The second-order valence-electron chi connectivity index (χ2n) is 9.52. The third-order valence-electron chi connectivity index (χ3n) is 5.58. The quantitative estimate of drug-likeness (QED) is 0.436. The molecule has 4 rings (SSSR count). The average Bonchev–Trinajstić information content (AvgIpc) is 3.45. The van der Waals surface area contributed by atoms with Crippen LogP contribution in [0.15, 0.2) is 30.9 Å². The lowest BCUT2D eigenvalue weighted by atomic mass is 10.2. The highest BCUT2D eigenvalue weighted by Crippen LogP contribution is 2.47. The number of sulfonamides is 1. The normalized spacial score (nSPS) is 15.2. The van der Waals surface area contributed by atoms with Crippen LogP contribution in [0.2, 0.25) is 0 Å². The molecule has 3 heterocycles. The van der Waals surface area contributed by atoms with E-state index in [4.69, 9.17) is 9.84 Å². The number of aliphatic hydroxyl groups excluding tert-OH is 1. The molecular weight excluding hydrogens is 482 g/mol. The molecule has 0 unspecified atom stereocenters. The SMILES string of the molecule is CC(C)O.COCC1(n2c(NS(=O)(=O)[C@@H](C)Cc3ncc(C)cn3)nnc2-c2cncc(C)c2)CC1.[HH]. The summed E-state index contributed by atoms with van der Waals surface area (Å²) in [6, 6.07) is 1.95. The molecule has 0 amide bonds. The zero-order valence-electron chi connectivity index (χ0n) is 21.6. The van der Waals surface area contributed by atoms with Crippen LogP contribution in [0.4, 0.5) is 5.95 Å². The number of aryl methyl sites for hydroxylation is 2. The van der Waals surface area contributed by atoms with Crippen molar-refractivity contribution in [3.63, 3.8) is 0 Å². The third-order valence-corrected chi connectivity index (χ3v) is 7.27. The molecule has 0 spiro atoms. The highest BCUT2D eigenvalue weighted by molar-refractivity contribution is 7.93. The van der Waals surface area contributed by atoms with Crippen molar-refractivity contribution < 1.29 is 19.7 Å². The second kappa shape index (κ2) is 11.4. The van der Waals surface area contributed by atoms with Gasteiger partial charge in [0.05, 0.1) is 17.4 Å². The van der Waals surface area contributed by atoms with E-state index in [9.17, 15) is 8.42 Å². The number of nitrogens with one attached hydrogen (secondary N) is 1. The molecule has 1 aliphatic carbocycles. The highest BCUT2D eigenvalue weighted by Gasteiger charge is 2.48. The Morgan fingerprint density at radius 2 is 1.75 bits per heavy atom. The summed E-state index contributed by atoms with van der Waals surface area (Å²) in [6.07, 6.45) is 8.50. The molecule has 1 saturated carbocycles. The summed E-state index contributed by atoms with van der Waals surface area (Å²) in [4.78, 5) is 12.7. The zero-order chi connectivity index (χ0) is 26.5. The molecule has 0 saturated heterocycles. The first-order valence-electron chi connectivity index (χ1n) is 11.8. The molecule has 3 aromatic heterocycles. The molecule has 2 N–H and O–H groups in total. The molecule has 1 atom stereocenters. The Hall–Kier alpha value is -2.96. The van der Waals surface area contributed by atoms with E-state index in [0.29, 0.717) is 18.3 Å². The second-order valence-corrected chi connectivity index (χ2v) is 11.6. The summed E-state index contributed by atoms with van der Waals surface area (Å²) < 4.78 is 36.2. The van der Waals surface area contributed by atoms with E-state index in [0.717, 1.165) is 29.5 Å². The van der Waals surface area contributed by atoms with Gasteiger partial charge < -0.3 is 9.84 Å². The third kappa shape index (κ3) is 6.83. The first-order valence-corrected chi connectivity index (χ1v) is 13.4. The topological polar surface area (TPSA) is 145 Å². The van der Waals surface area contributed by atoms with E-state index in [1.165, 1.54) is 0 Å². The van der Waals surface area contributed by atoms with Crippen molar-refractivity contribution in [2.75, 3.05) is 18.4 Å². The van der Waals surface area contributed by atoms with E-state index < -0.39 is 20.8 Å². The molecule has 11 nitrogen and oxygen atoms in total. The van der Waals surface area contributed by atoms with Gasteiger partial charge in [-0.1, -0.05) is 0 Å². The number of aliphatic hydroxyl groups is 1. The van der Waals surface area contributed by atoms with Gasteiger partial charge in [-0.3, -0.25) is 14.3 Å². The number of ether oxygens (including phenoxy) is 1. The Morgan fingerprint density at radius 1 is 1.11 bits per heavy atom. The van der Waals surface area contributed by atoms with Crippen molar-refractivity contribution >= 4 is 16.0 Å². The monoisotopic (exact) mass is 519 g/mol. The van der Waals surface area contributed by atoms with Gasteiger partial charge in [-0.25, -0.2) is 18.4 Å². The van der Waals surface area contributed by atoms with Crippen LogP contribution >= 0.6 is 0 Å². The van der Waals surface area contributed by atoms with Crippen molar-refractivity contribution in [3.05, 3.63) is 47.8 Å². The van der Waals surface area contributed by atoms with Crippen LogP contribution in [0.1, 0.15) is 52.0 Å². The van der Waals surface area contributed by atoms with Gasteiger partial charge in [0, 0.05) is 51.4 Å². The van der Waals surface area contributed by atoms with Crippen molar-refractivity contribution in [2.24, 2.45) is 0 Å². The number of anilines is 1. The van der Waals surface area contributed by atoms with E-state index in [1.54, 1.807) is 52.7 Å². The number of hydrogen-bond acceptors (Lipinski definition) is 9. The molecule has 1 fully saturated rings. The fourth-order valence-corrected chi connectivity index (χ4v) is 4.59. The minimum atomic E-state index is -3.78. The predicted molar refractivity (Wildman–Crippen MR) is 139 cm³/mol. The molecule has 1 aliphatic rings. The molecular formula is C24H37N7O4S. The Labute approximate surface area is 213 Å². The number of hydrogen-bond donors (Lipinski definition) is 2. The maximum atomic E-state index is 13.1. The number of rotatable bonds is 9. The average molecular weight is 520 g/mol. The van der Waals surface area contributed by atoms with Gasteiger partial charge in [-0.2, -0.15) is 0 Å². The zero-order valence-corrected chi connectivity index (χ0v) is 22.4. The van der Waals surface area contributed by atoms with Gasteiger partial charge in [0.25, 0.3) is 0 Å². The fraction of sp³-hybridized carbons (Fsp3) is 0.542. The van der Waals surface area contributed by atoms with Gasteiger partial charge in [0.15, 0.2) is 5.82 Å². The fourth-order valence-electron chi connectivity index (χ4n) is 3.63. The summed E-state index contributed by atoms with van der Waals surface area (Å²) in [6.45, 7) is 9.32. The lowest BCUT2D eigenvalue weighted by molar-refractivity contribution is 0.145. The lowest BCUT2D eigenvalue weighted by Crippen LogP contribution is -2.32. The molecule has 3 aromatic rings. The first-order chi connectivity index (χ1) is 17.0. The summed E-state index contributed by atoms with van der Waals surface area (Å²) in [7, 11) is -2.15. The minimum absolute atomic E-state index is 0. The smallest absolute Gasteiger partial charge is 0.239 e. The molecule has 0 bridgehead atoms. The Bertz CT molecular complexity index is 1260. The molecule has 36 heavy (non-hydrogen) atoms. The Balaban J connectivity index is 0.000000898. The maximum absolute atomic E-state index is 13.1. The number of methoxy groups -OCH3 is 1. The van der Waals surface area contributed by atoms with E-state index in [1.807, 2.05) is 24.5 Å². The van der Waals surface area contributed by atoms with Crippen molar-refractivity contribution in [1.29, 1.82) is 0 Å². The molecule has 0 aliphatic heterocycles. The predicted octanol–water partition coefficient (Wildman–Crippen LogP) is 2.89. The Kier molecular flexibility index (Phi) is 8.75. The summed E-state index contributed by atoms with van der Waals surface area (Å²) in [5.41, 5.74) is 2.27. The van der Waals surface area contributed by atoms with Crippen molar-refractivity contribution in [3.8, 4) is 11.4 Å². The molecule has 0 aromatic carbocycles. The van der Waals surface area contributed by atoms with E-state index >= 15 is 0 Å². The number of pyridine rings is 1. The van der Waals surface area contributed by atoms with E-state index in [2.05, 4.69) is 29.9 Å². The number of aromatic nitrogens is 6. The van der Waals surface area contributed by atoms with Gasteiger partial charge in [0.2, 0.25) is 16.0 Å². The van der Waals surface area contributed by atoms with Gasteiger partial charge in [-0.15, -0.1) is 10.2 Å². The van der Waals surface area contributed by atoms with Crippen LogP contribution in [-0.2, 0) is 26.7 Å². The summed E-state index contributed by atoms with van der Waals surface area (Å²) in [5.74, 6) is 1.20. The van der Waals surface area contributed by atoms with Gasteiger partial charge >= 0.3 is 0 Å². The van der Waals surface area contributed by atoms with Crippen LogP contribution in [0.25, 0.3) is 11.4 Å². The lowest BCUT2D eigenvalue weighted by Gasteiger charge is -2.22. The van der Waals surface area contributed by atoms with Gasteiger partial charge in [0.1, 0.15) is 5.82 Å². The van der Waals surface area contributed by atoms with Gasteiger partial charge in [-0.05, 0) is 64.7 Å². The summed E-state index contributed by atoms with van der Waals surface area (Å²) >= 11 is 0. The number of nitrogens with zero attached hydrogens (tertiary/aromatic N) is 6. The molecule has 12 heteroatoms. The van der Waals surface area contributed by atoms with Crippen molar-refractivity contribution in [2.45, 2.75) is 70.8 Å².